The lowest BCUT2D eigenvalue weighted by atomic mass is 9.75. The Morgan fingerprint density at radius 1 is 0.758 bits per heavy atom. The molecule has 0 aliphatic heterocycles. The molecule has 27 heteroatoms. The van der Waals surface area contributed by atoms with Crippen molar-refractivity contribution in [2.75, 3.05) is 48.0 Å². The summed E-state index contributed by atoms with van der Waals surface area (Å²) in [5, 5.41) is 59.9. The highest BCUT2D eigenvalue weighted by atomic mass is 19.1. The van der Waals surface area contributed by atoms with E-state index in [2.05, 4.69) is 41.8 Å². The van der Waals surface area contributed by atoms with Crippen LogP contribution in [-0.2, 0) is 42.2 Å². The van der Waals surface area contributed by atoms with Crippen molar-refractivity contribution < 1.29 is 62.4 Å². The summed E-state index contributed by atoms with van der Waals surface area (Å²) >= 11 is 0. The number of hydrazine groups is 1. The zero-order valence-corrected chi connectivity index (χ0v) is 52.6. The monoisotopic (exact) mass is 1260 g/mol. The Hall–Kier alpha value is -9.29. The van der Waals surface area contributed by atoms with Crippen LogP contribution in [0.2, 0.25) is 0 Å². The first-order valence-electron chi connectivity index (χ1n) is 29.3. The van der Waals surface area contributed by atoms with Crippen molar-refractivity contribution in [3.63, 3.8) is 0 Å². The maximum absolute atomic E-state index is 14.7. The molecular formula is C64H78F2N14O11. The van der Waals surface area contributed by atoms with Crippen LogP contribution in [0.25, 0.3) is 21.4 Å². The number of amides is 1. The number of ether oxygens (including phenoxy) is 6. The number of halogens is 2. The summed E-state index contributed by atoms with van der Waals surface area (Å²) in [6.45, 7) is 15.2. The van der Waals surface area contributed by atoms with Crippen molar-refractivity contribution in [3.05, 3.63) is 137 Å². The second-order valence-corrected chi connectivity index (χ2v) is 23.6. The van der Waals surface area contributed by atoms with Gasteiger partial charge in [-0.15, -0.1) is 5.10 Å². The first-order valence-corrected chi connectivity index (χ1v) is 29.3. The molecule has 0 bridgehead atoms. The topological polar surface area (TPSA) is 311 Å². The second-order valence-electron chi connectivity index (χ2n) is 23.6. The molecule has 8 aromatic rings. The Labute approximate surface area is 525 Å². The zero-order chi connectivity index (χ0) is 65.8. The van der Waals surface area contributed by atoms with Gasteiger partial charge in [-0.25, -0.2) is 34.4 Å². The van der Waals surface area contributed by atoms with Gasteiger partial charge in [-0.2, -0.15) is 19.7 Å². The number of carbonyl (C=O) groups is 1. The number of benzene rings is 4. The van der Waals surface area contributed by atoms with Crippen LogP contribution in [0.1, 0.15) is 113 Å². The summed E-state index contributed by atoms with van der Waals surface area (Å²) in [7, 11) is 9.17. The average molecular weight is 1260 g/mol. The minimum atomic E-state index is -1.14. The Bertz CT molecular complexity index is 3960. The highest BCUT2D eigenvalue weighted by Crippen LogP contribution is 2.45. The average Bonchev–Trinajstić information content (AvgIpc) is 1.67. The zero-order valence-electron chi connectivity index (χ0n) is 52.6. The second kappa shape index (κ2) is 29.1. The third kappa shape index (κ3) is 16.8. The number of carbonyl (C=O) groups excluding carboxylic acids is 1. The number of aromatic nitrogens is 8. The minimum absolute atomic E-state index is 0.0292. The van der Waals surface area contributed by atoms with Gasteiger partial charge in [0.15, 0.2) is 11.5 Å². The first kappa shape index (κ1) is 67.6. The van der Waals surface area contributed by atoms with Crippen LogP contribution in [0.3, 0.4) is 0 Å². The normalized spacial score (nSPS) is 18.1. The summed E-state index contributed by atoms with van der Waals surface area (Å²) in [4.78, 5) is 32.7. The SMILES string of the molecule is CC(C)(O)Cn1cc(C2(O)CCCC(C(=O)NN)C2)cn1.COc1ccc(CNc2nc3c(OC)cc(F)cc3c3nc(C4CCCC(O)(c5cnn(CC(C)(C)O)c5)C4)nn23)c(OC)c1.[C-]#[N+]c1cc(F)cc(OC)c1N=C=NCc1ccc(OC)cc1OC. The minimum Gasteiger partial charge on any atom is -0.497 e. The highest BCUT2D eigenvalue weighted by molar-refractivity contribution is 5.96. The molecule has 4 unspecified atom stereocenters. The predicted octanol–water partition coefficient (Wildman–Crippen LogP) is 9.00. The summed E-state index contributed by atoms with van der Waals surface area (Å²) in [6, 6.07) is 18.4. The van der Waals surface area contributed by atoms with Crippen molar-refractivity contribution >= 4 is 45.8 Å². The molecule has 8 N–H and O–H groups in total. The number of methoxy groups -OCH3 is 6. The third-order valence-corrected chi connectivity index (χ3v) is 15.6. The molecule has 2 fully saturated rings. The predicted molar refractivity (Wildman–Crippen MR) is 334 cm³/mol. The third-order valence-electron chi connectivity index (χ3n) is 15.6. The van der Waals surface area contributed by atoms with E-state index in [9.17, 15) is 34.0 Å². The number of nitrogens with two attached hydrogens (primary N) is 1. The molecule has 25 nitrogen and oxygen atoms in total. The van der Waals surface area contributed by atoms with Gasteiger partial charge in [0.1, 0.15) is 57.3 Å². The molecule has 4 aromatic carbocycles. The standard InChI is InChI=1S/C32H38FN7O5.C18H16FN3O3.C14H24N4O3/c1-31(2,41)18-39-17-21(16-35-39)32(42)10-6-7-19(14-32)28-37-29-24-11-22(33)12-26(45-5)27(24)36-30(40(29)38-28)34-15-20-8-9-23(43-3)13-25(20)44-4;1-20-15-7-13(19)8-17(25-4)18(15)22-11-21-10-12-5-6-14(23-2)9-16(12)24-3;1-13(2,20)9-18-8-11(7-16-18)14(21)5-3-4-10(6-14)12(19)17-15/h8-9,11-13,16-17,19,41-42H,6-7,10,14-15,18H2,1-5H3,(H,34,36);5-9H,10H2,2-4H3;7-8,10,20-21H,3-6,9,15H2,1-2H3,(H,17,19). The molecule has 2 saturated carbocycles. The van der Waals surface area contributed by atoms with Crippen LogP contribution in [0.5, 0.6) is 34.5 Å². The molecule has 10 rings (SSSR count). The van der Waals surface area contributed by atoms with Gasteiger partial charge in [-0.05, 0) is 115 Å². The number of hydrogen-bond donors (Lipinski definition) is 7. The first-order chi connectivity index (χ1) is 43.4. The van der Waals surface area contributed by atoms with Gasteiger partial charge in [-0.3, -0.25) is 19.6 Å². The van der Waals surface area contributed by atoms with Gasteiger partial charge in [0.25, 0.3) is 0 Å². The molecule has 0 saturated heterocycles. The lowest BCUT2D eigenvalue weighted by Gasteiger charge is -2.35. The van der Waals surface area contributed by atoms with Crippen LogP contribution >= 0.6 is 0 Å². The Balaban J connectivity index is 0.000000195. The van der Waals surface area contributed by atoms with Crippen LogP contribution in [0, 0.1) is 24.1 Å². The van der Waals surface area contributed by atoms with Gasteiger partial charge in [0, 0.05) is 77.3 Å². The number of aliphatic imine (C=N–C) groups is 2. The van der Waals surface area contributed by atoms with E-state index in [1.807, 2.05) is 18.2 Å². The van der Waals surface area contributed by atoms with Crippen molar-refractivity contribution in [2.45, 2.75) is 134 Å². The van der Waals surface area contributed by atoms with Crippen LogP contribution < -0.4 is 45.0 Å². The van der Waals surface area contributed by atoms with E-state index in [1.165, 1.54) is 26.4 Å². The number of anilines is 1. The summed E-state index contributed by atoms with van der Waals surface area (Å²) in [6.07, 6.45) is 11.7. The van der Waals surface area contributed by atoms with Crippen molar-refractivity contribution in [2.24, 2.45) is 21.7 Å². The fourth-order valence-corrected chi connectivity index (χ4v) is 11.1. The number of rotatable bonds is 20. The van der Waals surface area contributed by atoms with E-state index >= 15 is 0 Å². The number of hydrogen-bond acceptors (Lipinski definition) is 20. The highest BCUT2D eigenvalue weighted by Gasteiger charge is 2.41. The van der Waals surface area contributed by atoms with Crippen LogP contribution in [-0.4, -0.2) is 125 Å². The smallest absolute Gasteiger partial charge is 0.237 e. The fourth-order valence-electron chi connectivity index (χ4n) is 11.1. The molecule has 0 spiro atoms. The number of aliphatic hydroxyl groups is 4. The maximum Gasteiger partial charge on any atom is 0.237 e. The van der Waals surface area contributed by atoms with Gasteiger partial charge in [0.05, 0.1) is 115 Å². The Morgan fingerprint density at radius 3 is 1.89 bits per heavy atom. The van der Waals surface area contributed by atoms with Gasteiger partial charge >= 0.3 is 0 Å². The molecule has 484 valence electrons. The lowest BCUT2D eigenvalue weighted by molar-refractivity contribution is -0.130. The maximum atomic E-state index is 14.7. The van der Waals surface area contributed by atoms with Gasteiger partial charge in [0.2, 0.25) is 17.5 Å². The quantitative estimate of drug-likeness (QED) is 0.0123. The van der Waals surface area contributed by atoms with E-state index in [0.29, 0.717) is 108 Å². The van der Waals surface area contributed by atoms with Gasteiger partial charge < -0.3 is 54.2 Å². The summed E-state index contributed by atoms with van der Waals surface area (Å²) in [5.41, 5.74) is 2.27. The van der Waals surface area contributed by atoms with E-state index in [1.54, 1.807) is 113 Å². The Kier molecular flexibility index (Phi) is 21.6. The summed E-state index contributed by atoms with van der Waals surface area (Å²) < 4.78 is 64.8. The molecule has 1 amide bonds. The number of nitrogens with zero attached hydrogens (tertiary/aromatic N) is 11. The molecule has 2 aliphatic rings. The largest absolute Gasteiger partial charge is 0.497 e. The number of fused-ring (bicyclic) bond motifs is 3. The van der Waals surface area contributed by atoms with E-state index in [0.717, 1.165) is 48.9 Å². The van der Waals surface area contributed by atoms with Crippen LogP contribution in [0.15, 0.2) is 95.4 Å². The molecule has 2 aliphatic carbocycles. The van der Waals surface area contributed by atoms with Gasteiger partial charge in [-0.1, -0.05) is 0 Å². The lowest BCUT2D eigenvalue weighted by Crippen LogP contribution is -2.42. The molecule has 4 atom stereocenters. The summed E-state index contributed by atoms with van der Waals surface area (Å²) in [5.74, 6) is 7.39. The molecule has 91 heavy (non-hydrogen) atoms. The Morgan fingerprint density at radius 2 is 1.32 bits per heavy atom. The van der Waals surface area contributed by atoms with Crippen molar-refractivity contribution in [1.29, 1.82) is 0 Å². The molecular weight excluding hydrogens is 1180 g/mol. The van der Waals surface area contributed by atoms with Crippen molar-refractivity contribution in [3.8, 4) is 34.5 Å². The van der Waals surface area contributed by atoms with Crippen LogP contribution in [0.4, 0.5) is 26.1 Å². The molecule has 0 radical (unpaired) electrons. The van der Waals surface area contributed by atoms with E-state index in [4.69, 9.17) is 55.9 Å². The molecule has 4 aromatic heterocycles. The number of nitrogens with one attached hydrogen (secondary N) is 2. The fraction of sp³-hybridized carbons (Fsp3) is 0.438. The molecule has 4 heterocycles. The van der Waals surface area contributed by atoms with Crippen molar-refractivity contribution in [1.82, 2.24) is 44.6 Å². The van der Waals surface area contributed by atoms with E-state index < -0.39 is 34.0 Å². The van der Waals surface area contributed by atoms with E-state index in [-0.39, 0.29) is 47.2 Å².